The van der Waals surface area contributed by atoms with Gasteiger partial charge in [-0.1, -0.05) is 0 Å². The van der Waals surface area contributed by atoms with E-state index in [1.807, 2.05) is 0 Å². The molecule has 0 aliphatic carbocycles. The Kier molecular flexibility index (Phi) is 5.47. The Morgan fingerprint density at radius 1 is 0.400 bits per heavy atom. The molecule has 0 aliphatic heterocycles. The zero-order valence-electron chi connectivity index (χ0n) is 11.0. The summed E-state index contributed by atoms with van der Waals surface area (Å²) in [7, 11) is 0. The van der Waals surface area contributed by atoms with Crippen molar-refractivity contribution in [3.8, 4) is 0 Å². The molecular formula is C18H16AsCl. The molecule has 0 atom stereocenters. The number of hydrogen-bond acceptors (Lipinski definition) is 0. The summed E-state index contributed by atoms with van der Waals surface area (Å²) in [6.07, 6.45) is 0. The summed E-state index contributed by atoms with van der Waals surface area (Å²) in [5.74, 6) is 0. The van der Waals surface area contributed by atoms with E-state index in [1.54, 1.807) is 0 Å². The van der Waals surface area contributed by atoms with Crippen molar-refractivity contribution >= 4 is 40.1 Å². The summed E-state index contributed by atoms with van der Waals surface area (Å²) < 4.78 is 4.44. The summed E-state index contributed by atoms with van der Waals surface area (Å²) >= 11 is -1.39. The number of benzene rings is 3. The van der Waals surface area contributed by atoms with Crippen LogP contribution in [-0.2, 0) is 0 Å². The van der Waals surface area contributed by atoms with Crippen molar-refractivity contribution in [2.75, 3.05) is 0 Å². The Bertz CT molecular complexity index is 529. The Hall–Kier alpha value is -1.49. The molecule has 0 N–H and O–H groups in total. The number of rotatable bonds is 3. The molecule has 20 heavy (non-hydrogen) atoms. The maximum atomic E-state index is 2.26. The number of halogens is 1. The van der Waals surface area contributed by atoms with Gasteiger partial charge in [-0.05, 0) is 0 Å². The van der Waals surface area contributed by atoms with Crippen LogP contribution in [0.25, 0.3) is 0 Å². The molecule has 0 aromatic heterocycles. The molecule has 0 aliphatic rings. The maximum absolute atomic E-state index is 2.26. The minimum atomic E-state index is -1.39. The van der Waals surface area contributed by atoms with Gasteiger partial charge in [-0.2, -0.15) is 0 Å². The van der Waals surface area contributed by atoms with E-state index >= 15 is 0 Å². The van der Waals surface area contributed by atoms with E-state index in [0.29, 0.717) is 0 Å². The molecule has 0 spiro atoms. The normalized spacial score (nSPS) is 10.1. The Morgan fingerprint density at radius 2 is 0.650 bits per heavy atom. The molecule has 3 rings (SSSR count). The fourth-order valence-corrected chi connectivity index (χ4v) is 7.02. The van der Waals surface area contributed by atoms with Crippen molar-refractivity contribution in [3.63, 3.8) is 0 Å². The van der Waals surface area contributed by atoms with Gasteiger partial charge in [0.1, 0.15) is 0 Å². The molecule has 3 aromatic rings. The molecule has 0 nitrogen and oxygen atoms in total. The molecular weight excluding hydrogens is 327 g/mol. The molecule has 0 fully saturated rings. The van der Waals surface area contributed by atoms with Gasteiger partial charge in [0.15, 0.2) is 0 Å². The molecule has 0 unspecified atom stereocenters. The third-order valence-electron chi connectivity index (χ3n) is 3.04. The third kappa shape index (κ3) is 3.33. The van der Waals surface area contributed by atoms with Crippen molar-refractivity contribution in [2.24, 2.45) is 0 Å². The van der Waals surface area contributed by atoms with Gasteiger partial charge in [-0.15, -0.1) is 12.4 Å². The summed E-state index contributed by atoms with van der Waals surface area (Å²) in [6, 6.07) is 32.7. The third-order valence-corrected chi connectivity index (χ3v) is 8.17. The van der Waals surface area contributed by atoms with E-state index in [2.05, 4.69) is 91.0 Å². The van der Waals surface area contributed by atoms with Gasteiger partial charge >= 0.3 is 119 Å². The quantitative estimate of drug-likeness (QED) is 0.642. The zero-order chi connectivity index (χ0) is 12.9. The second-order valence-electron chi connectivity index (χ2n) is 4.34. The standard InChI is InChI=1S/C18H15As.ClH/c1-4-10-16(11-5-1)19(17-12-6-2-7-13-17)18-14-8-3-9-15-18;/h1-15H;1H. The number of hydrogen-bond donors (Lipinski definition) is 0. The average Bonchev–Trinajstić information content (AvgIpc) is 2.51. The summed E-state index contributed by atoms with van der Waals surface area (Å²) in [5.41, 5.74) is 0. The van der Waals surface area contributed by atoms with Crippen LogP contribution in [0.1, 0.15) is 0 Å². The first kappa shape index (κ1) is 14.9. The molecule has 0 heterocycles. The van der Waals surface area contributed by atoms with E-state index < -0.39 is 14.7 Å². The molecule has 0 radical (unpaired) electrons. The van der Waals surface area contributed by atoms with E-state index in [9.17, 15) is 0 Å². The van der Waals surface area contributed by atoms with Gasteiger partial charge in [0.05, 0.1) is 0 Å². The average molecular weight is 343 g/mol. The van der Waals surface area contributed by atoms with Crippen LogP contribution < -0.4 is 13.1 Å². The molecule has 0 saturated heterocycles. The molecule has 0 bridgehead atoms. The van der Waals surface area contributed by atoms with Gasteiger partial charge < -0.3 is 0 Å². The summed E-state index contributed by atoms with van der Waals surface area (Å²) in [4.78, 5) is 0. The first-order valence-electron chi connectivity index (χ1n) is 6.40. The van der Waals surface area contributed by atoms with Crippen molar-refractivity contribution in [1.29, 1.82) is 0 Å². The van der Waals surface area contributed by atoms with Gasteiger partial charge in [-0.25, -0.2) is 0 Å². The zero-order valence-corrected chi connectivity index (χ0v) is 13.7. The van der Waals surface area contributed by atoms with Crippen LogP contribution in [0, 0.1) is 0 Å². The second kappa shape index (κ2) is 7.33. The van der Waals surface area contributed by atoms with Crippen molar-refractivity contribution < 1.29 is 0 Å². The van der Waals surface area contributed by atoms with Gasteiger partial charge in [0.2, 0.25) is 0 Å². The van der Waals surface area contributed by atoms with Crippen LogP contribution in [0.4, 0.5) is 0 Å². The first-order chi connectivity index (χ1) is 9.45. The molecule has 0 saturated carbocycles. The van der Waals surface area contributed by atoms with Crippen molar-refractivity contribution in [2.45, 2.75) is 0 Å². The Labute approximate surface area is 131 Å². The fraction of sp³-hybridized carbons (Fsp3) is 0. The molecule has 2 heteroatoms. The first-order valence-corrected chi connectivity index (χ1v) is 9.22. The molecule has 3 aromatic carbocycles. The predicted octanol–water partition coefficient (Wildman–Crippen LogP) is 2.62. The van der Waals surface area contributed by atoms with Crippen LogP contribution >= 0.6 is 12.4 Å². The summed E-state index contributed by atoms with van der Waals surface area (Å²) in [6.45, 7) is 0. The molecule has 0 amide bonds. The van der Waals surface area contributed by atoms with Crippen LogP contribution in [0.2, 0.25) is 0 Å². The van der Waals surface area contributed by atoms with E-state index in [-0.39, 0.29) is 12.4 Å². The van der Waals surface area contributed by atoms with Crippen molar-refractivity contribution in [1.82, 2.24) is 0 Å². The minimum absolute atomic E-state index is 0. The van der Waals surface area contributed by atoms with E-state index in [0.717, 1.165) is 0 Å². The predicted molar refractivity (Wildman–Crippen MR) is 91.2 cm³/mol. The van der Waals surface area contributed by atoms with E-state index in [4.69, 9.17) is 0 Å². The Balaban J connectivity index is 0.00000147. The van der Waals surface area contributed by atoms with Crippen LogP contribution in [-0.4, -0.2) is 14.7 Å². The van der Waals surface area contributed by atoms with Gasteiger partial charge in [-0.3, -0.25) is 0 Å². The fourth-order valence-electron chi connectivity index (χ4n) is 2.18. The second-order valence-corrected chi connectivity index (χ2v) is 9.00. The Morgan fingerprint density at radius 3 is 0.900 bits per heavy atom. The van der Waals surface area contributed by atoms with Crippen molar-refractivity contribution in [3.05, 3.63) is 91.0 Å². The SMILES string of the molecule is Cl.c1ccc([As](c2ccccc2)c2ccccc2)cc1. The van der Waals surface area contributed by atoms with E-state index in [1.165, 1.54) is 13.1 Å². The monoisotopic (exact) mass is 342 g/mol. The van der Waals surface area contributed by atoms with Crippen LogP contribution in [0.5, 0.6) is 0 Å². The van der Waals surface area contributed by atoms with Crippen LogP contribution in [0.15, 0.2) is 91.0 Å². The topological polar surface area (TPSA) is 0 Å². The molecule has 100 valence electrons. The van der Waals surface area contributed by atoms with Gasteiger partial charge in [0.25, 0.3) is 0 Å². The van der Waals surface area contributed by atoms with Gasteiger partial charge in [0, 0.05) is 0 Å². The van der Waals surface area contributed by atoms with Crippen LogP contribution in [0.3, 0.4) is 0 Å². The summed E-state index contributed by atoms with van der Waals surface area (Å²) in [5, 5.41) is 0.